The van der Waals surface area contributed by atoms with Crippen molar-refractivity contribution in [1.82, 2.24) is 0 Å². The second-order valence-electron chi connectivity index (χ2n) is 3.54. The Bertz CT molecular complexity index is 335. The maximum absolute atomic E-state index is 10.9. The Labute approximate surface area is 100.0 Å². The number of ether oxygens (including phenoxy) is 1. The quantitative estimate of drug-likeness (QED) is 0.832. The number of hydrogen-bond donors (Lipinski definition) is 1. The van der Waals surface area contributed by atoms with Crippen LogP contribution in [0.5, 0.6) is 5.75 Å². The van der Waals surface area contributed by atoms with Crippen LogP contribution >= 0.6 is 11.6 Å². The minimum Gasteiger partial charge on any atom is -0.479 e. The number of carboxylic acids is 1. The lowest BCUT2D eigenvalue weighted by Crippen LogP contribution is -2.26. The van der Waals surface area contributed by atoms with Gasteiger partial charge in [0.25, 0.3) is 0 Å². The van der Waals surface area contributed by atoms with Crippen LogP contribution < -0.4 is 4.74 Å². The molecule has 0 aliphatic carbocycles. The molecule has 0 saturated carbocycles. The highest BCUT2D eigenvalue weighted by atomic mass is 35.5. The first kappa shape index (κ1) is 12.8. The van der Waals surface area contributed by atoms with E-state index in [0.717, 1.165) is 12.8 Å². The average Bonchev–Trinajstić information content (AvgIpc) is 2.26. The van der Waals surface area contributed by atoms with Gasteiger partial charge in [-0.25, -0.2) is 4.79 Å². The number of hydrogen-bond acceptors (Lipinski definition) is 2. The minimum absolute atomic E-state index is 0.522. The monoisotopic (exact) mass is 242 g/mol. The standard InChI is InChI=1S/C12H15ClO3/c1-2-3-4-11(12(14)15)16-10-7-5-9(13)6-8-10/h5-8,11H,2-4H2,1H3,(H,14,15). The summed E-state index contributed by atoms with van der Waals surface area (Å²) in [7, 11) is 0. The molecule has 0 radical (unpaired) electrons. The SMILES string of the molecule is CCCCC(Oc1ccc(Cl)cc1)C(=O)O. The van der Waals surface area contributed by atoms with E-state index in [2.05, 4.69) is 0 Å². The lowest BCUT2D eigenvalue weighted by molar-refractivity contribution is -0.145. The van der Waals surface area contributed by atoms with Gasteiger partial charge in [-0.05, 0) is 37.1 Å². The van der Waals surface area contributed by atoms with Gasteiger partial charge in [-0.2, -0.15) is 0 Å². The molecule has 1 N–H and O–H groups in total. The first-order chi connectivity index (χ1) is 7.63. The van der Waals surface area contributed by atoms with Crippen molar-refractivity contribution in [3.05, 3.63) is 29.3 Å². The lowest BCUT2D eigenvalue weighted by Gasteiger charge is -2.14. The molecule has 0 aliphatic heterocycles. The Balaban J connectivity index is 2.60. The molecule has 88 valence electrons. The third-order valence-electron chi connectivity index (χ3n) is 2.19. The largest absolute Gasteiger partial charge is 0.479 e. The predicted octanol–water partition coefficient (Wildman–Crippen LogP) is 3.36. The number of unbranched alkanes of at least 4 members (excludes halogenated alkanes) is 1. The van der Waals surface area contributed by atoms with Crippen LogP contribution in [0.4, 0.5) is 0 Å². The molecule has 0 aromatic heterocycles. The van der Waals surface area contributed by atoms with Gasteiger partial charge in [0.05, 0.1) is 0 Å². The molecule has 3 nitrogen and oxygen atoms in total. The fraction of sp³-hybridized carbons (Fsp3) is 0.417. The summed E-state index contributed by atoms with van der Waals surface area (Å²) in [4.78, 5) is 10.9. The molecule has 1 rings (SSSR count). The summed E-state index contributed by atoms with van der Waals surface area (Å²) in [5.41, 5.74) is 0. The molecule has 1 aromatic carbocycles. The fourth-order valence-electron chi connectivity index (χ4n) is 1.30. The zero-order valence-corrected chi connectivity index (χ0v) is 9.91. The van der Waals surface area contributed by atoms with Gasteiger partial charge in [-0.1, -0.05) is 24.9 Å². The maximum Gasteiger partial charge on any atom is 0.344 e. The van der Waals surface area contributed by atoms with Gasteiger partial charge in [0.15, 0.2) is 6.10 Å². The van der Waals surface area contributed by atoms with Crippen molar-refractivity contribution < 1.29 is 14.6 Å². The van der Waals surface area contributed by atoms with E-state index >= 15 is 0 Å². The van der Waals surface area contributed by atoms with Crippen LogP contribution in [0.3, 0.4) is 0 Å². The van der Waals surface area contributed by atoms with Gasteiger partial charge in [0, 0.05) is 5.02 Å². The highest BCUT2D eigenvalue weighted by molar-refractivity contribution is 6.30. The van der Waals surface area contributed by atoms with Crippen molar-refractivity contribution in [2.75, 3.05) is 0 Å². The molecule has 1 aromatic rings. The van der Waals surface area contributed by atoms with Crippen LogP contribution in [0.1, 0.15) is 26.2 Å². The molecule has 0 bridgehead atoms. The van der Waals surface area contributed by atoms with Crippen LogP contribution in [-0.4, -0.2) is 17.2 Å². The summed E-state index contributed by atoms with van der Waals surface area (Å²) in [6.45, 7) is 2.02. The molecule has 0 spiro atoms. The molecule has 0 saturated heterocycles. The van der Waals surface area contributed by atoms with Crippen LogP contribution in [0, 0.1) is 0 Å². The fourth-order valence-corrected chi connectivity index (χ4v) is 1.43. The lowest BCUT2D eigenvalue weighted by atomic mass is 10.1. The second kappa shape index (κ2) is 6.38. The highest BCUT2D eigenvalue weighted by Crippen LogP contribution is 2.18. The number of carbonyl (C=O) groups is 1. The number of rotatable bonds is 6. The zero-order valence-electron chi connectivity index (χ0n) is 9.15. The third-order valence-corrected chi connectivity index (χ3v) is 2.44. The van der Waals surface area contributed by atoms with E-state index < -0.39 is 12.1 Å². The van der Waals surface area contributed by atoms with Crippen molar-refractivity contribution in [1.29, 1.82) is 0 Å². The van der Waals surface area contributed by atoms with E-state index in [1.807, 2.05) is 6.92 Å². The topological polar surface area (TPSA) is 46.5 Å². The number of halogens is 1. The van der Waals surface area contributed by atoms with E-state index in [1.165, 1.54) is 0 Å². The molecule has 16 heavy (non-hydrogen) atoms. The summed E-state index contributed by atoms with van der Waals surface area (Å²) < 4.78 is 5.37. The predicted molar refractivity (Wildman–Crippen MR) is 63.0 cm³/mol. The van der Waals surface area contributed by atoms with E-state index in [4.69, 9.17) is 21.4 Å². The second-order valence-corrected chi connectivity index (χ2v) is 3.98. The molecule has 0 amide bonds. The smallest absolute Gasteiger partial charge is 0.344 e. The first-order valence-corrected chi connectivity index (χ1v) is 5.66. The van der Waals surface area contributed by atoms with Gasteiger partial charge in [-0.15, -0.1) is 0 Å². The van der Waals surface area contributed by atoms with Crippen molar-refractivity contribution in [2.45, 2.75) is 32.3 Å². The molecule has 4 heteroatoms. The summed E-state index contributed by atoms with van der Waals surface area (Å²) in [5, 5.41) is 9.57. The normalized spacial score (nSPS) is 12.1. The Morgan fingerprint density at radius 2 is 2.06 bits per heavy atom. The number of aliphatic carboxylic acids is 1. The van der Waals surface area contributed by atoms with Crippen LogP contribution in [0.25, 0.3) is 0 Å². The first-order valence-electron chi connectivity index (χ1n) is 5.28. The van der Waals surface area contributed by atoms with Gasteiger partial charge >= 0.3 is 5.97 Å². The van der Waals surface area contributed by atoms with Crippen LogP contribution in [-0.2, 0) is 4.79 Å². The van der Waals surface area contributed by atoms with Crippen LogP contribution in [0.15, 0.2) is 24.3 Å². The van der Waals surface area contributed by atoms with Crippen molar-refractivity contribution >= 4 is 17.6 Å². The Kier molecular flexibility index (Phi) is 5.12. The van der Waals surface area contributed by atoms with Crippen molar-refractivity contribution in [3.8, 4) is 5.75 Å². The summed E-state index contributed by atoms with van der Waals surface area (Å²) >= 11 is 5.72. The van der Waals surface area contributed by atoms with Crippen LogP contribution in [0.2, 0.25) is 5.02 Å². The molecule has 1 atom stereocenters. The summed E-state index contributed by atoms with van der Waals surface area (Å²) in [6, 6.07) is 6.69. The van der Waals surface area contributed by atoms with E-state index in [-0.39, 0.29) is 0 Å². The van der Waals surface area contributed by atoms with Gasteiger partial charge < -0.3 is 9.84 Å². The van der Waals surface area contributed by atoms with Crippen molar-refractivity contribution in [3.63, 3.8) is 0 Å². The van der Waals surface area contributed by atoms with Gasteiger partial charge in [0.2, 0.25) is 0 Å². The number of carboxylic acid groups (broad SMARTS) is 1. The highest BCUT2D eigenvalue weighted by Gasteiger charge is 2.18. The minimum atomic E-state index is -0.927. The molecule has 0 fully saturated rings. The molecular formula is C12H15ClO3. The van der Waals surface area contributed by atoms with Gasteiger partial charge in [-0.3, -0.25) is 0 Å². The molecule has 0 heterocycles. The van der Waals surface area contributed by atoms with E-state index in [9.17, 15) is 4.79 Å². The Morgan fingerprint density at radius 3 is 2.56 bits per heavy atom. The Hall–Kier alpha value is -1.22. The van der Waals surface area contributed by atoms with Crippen molar-refractivity contribution in [2.24, 2.45) is 0 Å². The molecule has 0 aliphatic rings. The average molecular weight is 243 g/mol. The number of benzene rings is 1. The third kappa shape index (κ3) is 4.11. The molecule has 1 unspecified atom stereocenters. The molecular weight excluding hydrogens is 228 g/mol. The summed E-state index contributed by atoms with van der Waals surface area (Å²) in [6.07, 6.45) is 1.54. The van der Waals surface area contributed by atoms with E-state index in [1.54, 1.807) is 24.3 Å². The maximum atomic E-state index is 10.9. The van der Waals surface area contributed by atoms with E-state index in [0.29, 0.717) is 17.2 Å². The Morgan fingerprint density at radius 1 is 1.44 bits per heavy atom. The zero-order chi connectivity index (χ0) is 12.0. The summed E-state index contributed by atoms with van der Waals surface area (Å²) in [5.74, 6) is -0.392. The van der Waals surface area contributed by atoms with Gasteiger partial charge in [0.1, 0.15) is 5.75 Å².